The van der Waals surface area contributed by atoms with Crippen LogP contribution in [0, 0.1) is 0 Å². The molecule has 0 unspecified atom stereocenters. The Morgan fingerprint density at radius 2 is 2.00 bits per heavy atom. The van der Waals surface area contributed by atoms with Crippen molar-refractivity contribution in [1.29, 1.82) is 0 Å². The molecule has 0 radical (unpaired) electrons. The minimum absolute atomic E-state index is 0.225. The number of nitrogens with zero attached hydrogens (tertiary/aromatic N) is 1. The molecular formula is C8H7F5N2O. The van der Waals surface area contributed by atoms with Gasteiger partial charge in [0, 0.05) is 0 Å². The van der Waals surface area contributed by atoms with Gasteiger partial charge in [-0.25, -0.2) is 13.8 Å². The quantitative estimate of drug-likeness (QED) is 0.827. The van der Waals surface area contributed by atoms with Crippen molar-refractivity contribution < 1.29 is 26.7 Å². The van der Waals surface area contributed by atoms with Crippen LogP contribution in [0.2, 0.25) is 0 Å². The van der Waals surface area contributed by atoms with Crippen LogP contribution in [-0.2, 0) is 6.18 Å². The fraction of sp³-hybridized carbons (Fsp3) is 0.375. The standard InChI is InChI=1S/C8H7F5N2O/c9-6(10)3-16-7-5(8(11,12)13)1-4(14)2-15-7/h1-2,6H,3,14H2. The lowest BCUT2D eigenvalue weighted by Crippen LogP contribution is -2.14. The van der Waals surface area contributed by atoms with Crippen molar-refractivity contribution in [2.24, 2.45) is 0 Å². The van der Waals surface area contributed by atoms with Crippen LogP contribution in [-0.4, -0.2) is 18.0 Å². The van der Waals surface area contributed by atoms with E-state index in [4.69, 9.17) is 5.73 Å². The lowest BCUT2D eigenvalue weighted by Gasteiger charge is -2.12. The first-order valence-corrected chi connectivity index (χ1v) is 4.04. The molecule has 1 aromatic heterocycles. The largest absolute Gasteiger partial charge is 0.471 e. The fourth-order valence-electron chi connectivity index (χ4n) is 0.928. The number of ether oxygens (including phenoxy) is 1. The summed E-state index contributed by atoms with van der Waals surface area (Å²) in [6.45, 7) is -1.15. The molecule has 8 heteroatoms. The molecule has 1 heterocycles. The fourth-order valence-corrected chi connectivity index (χ4v) is 0.928. The second-order valence-electron chi connectivity index (χ2n) is 2.82. The molecular weight excluding hydrogens is 235 g/mol. The summed E-state index contributed by atoms with van der Waals surface area (Å²) in [6.07, 6.45) is -6.73. The molecule has 0 saturated heterocycles. The molecule has 3 nitrogen and oxygen atoms in total. The van der Waals surface area contributed by atoms with Crippen molar-refractivity contribution in [3.8, 4) is 5.88 Å². The molecule has 0 saturated carbocycles. The Balaban J connectivity index is 2.99. The molecule has 16 heavy (non-hydrogen) atoms. The summed E-state index contributed by atoms with van der Waals surface area (Å²) >= 11 is 0. The Morgan fingerprint density at radius 1 is 1.38 bits per heavy atom. The average molecular weight is 242 g/mol. The highest BCUT2D eigenvalue weighted by Gasteiger charge is 2.35. The molecule has 2 N–H and O–H groups in total. The highest BCUT2D eigenvalue weighted by Crippen LogP contribution is 2.35. The number of rotatable bonds is 3. The Morgan fingerprint density at radius 3 is 2.50 bits per heavy atom. The maximum Gasteiger partial charge on any atom is 0.421 e. The van der Waals surface area contributed by atoms with E-state index in [0.29, 0.717) is 6.07 Å². The van der Waals surface area contributed by atoms with Crippen LogP contribution in [0.15, 0.2) is 12.3 Å². The van der Waals surface area contributed by atoms with Gasteiger partial charge in [0.1, 0.15) is 5.56 Å². The summed E-state index contributed by atoms with van der Waals surface area (Å²) in [5, 5.41) is 0. The van der Waals surface area contributed by atoms with E-state index in [1.54, 1.807) is 0 Å². The predicted octanol–water partition coefficient (Wildman–Crippen LogP) is 2.33. The normalized spacial score (nSPS) is 11.9. The third kappa shape index (κ3) is 3.21. The number of aromatic nitrogens is 1. The first-order chi connectivity index (χ1) is 7.30. The van der Waals surface area contributed by atoms with Crippen LogP contribution >= 0.6 is 0 Å². The van der Waals surface area contributed by atoms with Gasteiger partial charge in [-0.05, 0) is 6.07 Å². The van der Waals surface area contributed by atoms with Crippen molar-refractivity contribution in [3.63, 3.8) is 0 Å². The van der Waals surface area contributed by atoms with E-state index in [1.165, 1.54) is 0 Å². The van der Waals surface area contributed by atoms with Crippen LogP contribution in [0.1, 0.15) is 5.56 Å². The van der Waals surface area contributed by atoms with Crippen molar-refractivity contribution in [2.45, 2.75) is 12.6 Å². The van der Waals surface area contributed by atoms with E-state index >= 15 is 0 Å². The molecule has 0 amide bonds. The molecule has 0 aliphatic rings. The summed E-state index contributed by atoms with van der Waals surface area (Å²) in [6, 6.07) is 0.577. The Bertz CT molecular complexity index is 366. The summed E-state index contributed by atoms with van der Waals surface area (Å²) in [5.74, 6) is -0.901. The zero-order valence-electron chi connectivity index (χ0n) is 7.76. The number of anilines is 1. The molecule has 0 aromatic carbocycles. The van der Waals surface area contributed by atoms with Gasteiger partial charge in [-0.1, -0.05) is 0 Å². The Hall–Kier alpha value is -1.60. The highest BCUT2D eigenvalue weighted by atomic mass is 19.4. The highest BCUT2D eigenvalue weighted by molar-refractivity contribution is 5.43. The summed E-state index contributed by atoms with van der Waals surface area (Å²) < 4.78 is 65.0. The molecule has 0 atom stereocenters. The average Bonchev–Trinajstić information content (AvgIpc) is 2.14. The summed E-state index contributed by atoms with van der Waals surface area (Å²) in [5.41, 5.74) is 3.62. The van der Waals surface area contributed by atoms with E-state index in [1.807, 2.05) is 0 Å². The van der Waals surface area contributed by atoms with Crippen LogP contribution < -0.4 is 10.5 Å². The van der Waals surface area contributed by atoms with Gasteiger partial charge in [-0.15, -0.1) is 0 Å². The number of nitrogen functional groups attached to an aromatic ring is 1. The topological polar surface area (TPSA) is 48.1 Å². The zero-order chi connectivity index (χ0) is 12.3. The molecule has 0 aliphatic heterocycles. The van der Waals surface area contributed by atoms with Gasteiger partial charge in [-0.3, -0.25) is 0 Å². The van der Waals surface area contributed by atoms with E-state index in [9.17, 15) is 22.0 Å². The van der Waals surface area contributed by atoms with Crippen molar-refractivity contribution >= 4 is 5.69 Å². The number of hydrogen-bond donors (Lipinski definition) is 1. The molecule has 1 rings (SSSR count). The number of pyridine rings is 1. The lowest BCUT2D eigenvalue weighted by molar-refractivity contribution is -0.139. The predicted molar refractivity (Wildman–Crippen MR) is 45.2 cm³/mol. The minimum atomic E-state index is -4.75. The molecule has 90 valence electrons. The first kappa shape index (κ1) is 12.5. The SMILES string of the molecule is Nc1cnc(OCC(F)F)c(C(F)(F)F)c1. The lowest BCUT2D eigenvalue weighted by atomic mass is 10.2. The zero-order valence-corrected chi connectivity index (χ0v) is 7.76. The number of nitrogens with two attached hydrogens (primary N) is 1. The van der Waals surface area contributed by atoms with Gasteiger partial charge in [0.05, 0.1) is 11.9 Å². The first-order valence-electron chi connectivity index (χ1n) is 4.04. The van der Waals surface area contributed by atoms with Crippen molar-refractivity contribution in [1.82, 2.24) is 4.98 Å². The third-order valence-electron chi connectivity index (χ3n) is 1.52. The van der Waals surface area contributed by atoms with Gasteiger partial charge >= 0.3 is 6.18 Å². The van der Waals surface area contributed by atoms with E-state index in [0.717, 1.165) is 6.20 Å². The van der Waals surface area contributed by atoms with Gasteiger partial charge in [-0.2, -0.15) is 13.2 Å². The van der Waals surface area contributed by atoms with Crippen molar-refractivity contribution in [2.75, 3.05) is 12.3 Å². The number of halogens is 5. The smallest absolute Gasteiger partial charge is 0.421 e. The molecule has 1 aromatic rings. The van der Waals surface area contributed by atoms with Gasteiger partial charge in [0.25, 0.3) is 6.43 Å². The second kappa shape index (κ2) is 4.50. The second-order valence-corrected chi connectivity index (χ2v) is 2.82. The number of hydrogen-bond acceptors (Lipinski definition) is 3. The van der Waals surface area contributed by atoms with Crippen molar-refractivity contribution in [3.05, 3.63) is 17.8 Å². The maximum absolute atomic E-state index is 12.4. The van der Waals surface area contributed by atoms with Gasteiger partial charge in [0.2, 0.25) is 5.88 Å². The maximum atomic E-state index is 12.4. The van der Waals surface area contributed by atoms with Gasteiger partial charge in [0.15, 0.2) is 6.61 Å². The van der Waals surface area contributed by atoms with Crippen LogP contribution in [0.4, 0.5) is 27.6 Å². The van der Waals surface area contributed by atoms with Crippen LogP contribution in [0.5, 0.6) is 5.88 Å². The molecule has 0 fully saturated rings. The molecule has 0 bridgehead atoms. The Kier molecular flexibility index (Phi) is 3.51. The molecule has 0 aliphatic carbocycles. The van der Waals surface area contributed by atoms with Crippen LogP contribution in [0.25, 0.3) is 0 Å². The monoisotopic (exact) mass is 242 g/mol. The summed E-state index contributed by atoms with van der Waals surface area (Å²) in [7, 11) is 0. The van der Waals surface area contributed by atoms with Gasteiger partial charge < -0.3 is 10.5 Å². The summed E-state index contributed by atoms with van der Waals surface area (Å²) in [4.78, 5) is 3.22. The minimum Gasteiger partial charge on any atom is -0.471 e. The third-order valence-corrected chi connectivity index (χ3v) is 1.52. The number of alkyl halides is 5. The van der Waals surface area contributed by atoms with Crippen LogP contribution in [0.3, 0.4) is 0 Å². The Labute approximate surface area is 87.0 Å². The van der Waals surface area contributed by atoms with E-state index in [-0.39, 0.29) is 5.69 Å². The van der Waals surface area contributed by atoms with E-state index in [2.05, 4.69) is 9.72 Å². The molecule has 0 spiro atoms. The van der Waals surface area contributed by atoms with E-state index < -0.39 is 30.7 Å².